The molecule has 1 heterocycles. The summed E-state index contributed by atoms with van der Waals surface area (Å²) in [7, 11) is 0. The summed E-state index contributed by atoms with van der Waals surface area (Å²) in [5.41, 5.74) is 5.61. The van der Waals surface area contributed by atoms with Crippen LogP contribution in [-0.4, -0.2) is 23.3 Å². The van der Waals surface area contributed by atoms with Gasteiger partial charge in [0.15, 0.2) is 0 Å². The second kappa shape index (κ2) is 11.6. The summed E-state index contributed by atoms with van der Waals surface area (Å²) in [4.78, 5) is 11.3. The minimum atomic E-state index is -0.599. The molecule has 36 heavy (non-hydrogen) atoms. The summed E-state index contributed by atoms with van der Waals surface area (Å²) >= 11 is 0. The van der Waals surface area contributed by atoms with Gasteiger partial charge in [-0.25, -0.2) is 0 Å². The maximum Gasteiger partial charge on any atom is 0.314 e. The van der Waals surface area contributed by atoms with Gasteiger partial charge in [0.25, 0.3) is 0 Å². The minimum Gasteiger partial charge on any atom is -0.485 e. The molecule has 0 saturated carbocycles. The van der Waals surface area contributed by atoms with E-state index >= 15 is 0 Å². The molecule has 0 fully saturated rings. The molecule has 2 aromatic carbocycles. The molecule has 0 saturated heterocycles. The van der Waals surface area contributed by atoms with Crippen LogP contribution in [-0.2, 0) is 14.9 Å². The molecule has 2 aromatic rings. The van der Waals surface area contributed by atoms with Crippen molar-refractivity contribution in [3.05, 3.63) is 76.1 Å². The topological polar surface area (TPSA) is 55.8 Å². The maximum absolute atomic E-state index is 11.3. The monoisotopic (exact) mass is 492 g/mol. The lowest BCUT2D eigenvalue weighted by molar-refractivity contribution is -0.136. The van der Waals surface area contributed by atoms with Crippen LogP contribution < -0.4 is 4.74 Å². The van der Waals surface area contributed by atoms with Gasteiger partial charge in [-0.2, -0.15) is 0 Å². The lowest BCUT2D eigenvalue weighted by Crippen LogP contribution is -2.29. The number of ether oxygens (including phenoxy) is 2. The van der Waals surface area contributed by atoms with Gasteiger partial charge < -0.3 is 14.6 Å². The number of aryl methyl sites for hydroxylation is 2. The third kappa shape index (κ3) is 5.86. The van der Waals surface area contributed by atoms with E-state index in [0.717, 1.165) is 43.4 Å². The van der Waals surface area contributed by atoms with Gasteiger partial charge in [-0.1, -0.05) is 65.0 Å². The van der Waals surface area contributed by atoms with Crippen molar-refractivity contribution in [2.24, 2.45) is 0 Å². The van der Waals surface area contributed by atoms with E-state index in [9.17, 15) is 9.90 Å². The van der Waals surface area contributed by atoms with Gasteiger partial charge >= 0.3 is 5.97 Å². The van der Waals surface area contributed by atoms with E-state index in [1.165, 1.54) is 22.3 Å². The number of rotatable bonds is 12. The summed E-state index contributed by atoms with van der Waals surface area (Å²) in [6, 6.07) is 13.4. The summed E-state index contributed by atoms with van der Waals surface area (Å²) in [6.45, 7) is 15.4. The van der Waals surface area contributed by atoms with Gasteiger partial charge in [0, 0.05) is 5.41 Å². The van der Waals surface area contributed by atoms with Crippen LogP contribution in [0.15, 0.2) is 48.2 Å². The Hall–Kier alpha value is -2.59. The van der Waals surface area contributed by atoms with Crippen molar-refractivity contribution in [3.8, 4) is 5.75 Å². The molecule has 0 bridgehead atoms. The van der Waals surface area contributed by atoms with Crippen LogP contribution >= 0.6 is 0 Å². The lowest BCUT2D eigenvalue weighted by atomic mass is 9.69. The SMILES string of the molecule is CCC(O)(CC)CC(C)c1ccc(C(CC)(CC)c2ccc(OCC3=CCC(=O)O3)c(C)c2)cc1C. The Morgan fingerprint density at radius 3 is 2.06 bits per heavy atom. The largest absolute Gasteiger partial charge is 0.485 e. The van der Waals surface area contributed by atoms with Crippen molar-refractivity contribution in [2.75, 3.05) is 6.61 Å². The van der Waals surface area contributed by atoms with E-state index in [4.69, 9.17) is 9.47 Å². The van der Waals surface area contributed by atoms with E-state index in [2.05, 4.69) is 78.8 Å². The fourth-order valence-corrected chi connectivity index (χ4v) is 5.75. The third-order valence-corrected chi connectivity index (χ3v) is 8.40. The van der Waals surface area contributed by atoms with E-state index < -0.39 is 5.60 Å². The zero-order valence-corrected chi connectivity index (χ0v) is 23.2. The first-order chi connectivity index (χ1) is 17.1. The standard InChI is InChI=1S/C32H44O4/c1-8-31(34,9-2)20-24(7)28-15-12-25(18-22(28)5)32(10-3,11-4)26-13-16-29(23(6)19-26)35-21-27-14-17-30(33)36-27/h12-16,18-19,24,34H,8-11,17,20-21H2,1-7H3. The Balaban J connectivity index is 1.86. The first-order valence-corrected chi connectivity index (χ1v) is 13.6. The van der Waals surface area contributed by atoms with Crippen molar-refractivity contribution in [3.63, 3.8) is 0 Å². The Morgan fingerprint density at radius 2 is 1.56 bits per heavy atom. The Morgan fingerprint density at radius 1 is 0.944 bits per heavy atom. The molecule has 1 aliphatic rings. The van der Waals surface area contributed by atoms with Gasteiger partial charge in [-0.15, -0.1) is 0 Å². The molecule has 0 aliphatic carbocycles. The summed E-state index contributed by atoms with van der Waals surface area (Å²) < 4.78 is 11.1. The quantitative estimate of drug-likeness (QED) is 0.309. The van der Waals surface area contributed by atoms with Crippen LogP contribution in [0.1, 0.15) is 107 Å². The molecule has 4 nitrogen and oxygen atoms in total. The predicted octanol–water partition coefficient (Wildman–Crippen LogP) is 7.66. The summed E-state index contributed by atoms with van der Waals surface area (Å²) in [6.07, 6.45) is 6.43. The highest BCUT2D eigenvalue weighted by atomic mass is 16.6. The highest BCUT2D eigenvalue weighted by Gasteiger charge is 2.32. The predicted molar refractivity (Wildman–Crippen MR) is 147 cm³/mol. The lowest BCUT2D eigenvalue weighted by Gasteiger charge is -2.35. The molecule has 1 N–H and O–H groups in total. The minimum absolute atomic E-state index is 0.0904. The van der Waals surface area contributed by atoms with E-state index in [1.54, 1.807) is 6.08 Å². The summed E-state index contributed by atoms with van der Waals surface area (Å²) in [5.74, 6) is 1.47. The molecule has 0 amide bonds. The molecule has 1 aliphatic heterocycles. The van der Waals surface area contributed by atoms with Gasteiger partial charge in [0.05, 0.1) is 12.0 Å². The maximum atomic E-state index is 11.3. The van der Waals surface area contributed by atoms with Gasteiger partial charge in [-0.05, 0) is 91.8 Å². The van der Waals surface area contributed by atoms with E-state index in [1.807, 2.05) is 6.07 Å². The summed E-state index contributed by atoms with van der Waals surface area (Å²) in [5, 5.41) is 10.9. The number of aliphatic hydroxyl groups is 1. The number of carbonyl (C=O) groups is 1. The smallest absolute Gasteiger partial charge is 0.314 e. The Bertz CT molecular complexity index is 1090. The first-order valence-electron chi connectivity index (χ1n) is 13.6. The van der Waals surface area contributed by atoms with Crippen LogP contribution in [0.3, 0.4) is 0 Å². The molecule has 1 unspecified atom stereocenters. The van der Waals surface area contributed by atoms with E-state index in [-0.39, 0.29) is 18.0 Å². The second-order valence-electron chi connectivity index (χ2n) is 10.5. The molecule has 196 valence electrons. The molecular weight excluding hydrogens is 448 g/mol. The number of cyclic esters (lactones) is 1. The van der Waals surface area contributed by atoms with Crippen molar-refractivity contribution in [1.29, 1.82) is 0 Å². The van der Waals surface area contributed by atoms with Gasteiger partial charge in [0.2, 0.25) is 0 Å². The number of esters is 1. The van der Waals surface area contributed by atoms with Crippen LogP contribution in [0.2, 0.25) is 0 Å². The van der Waals surface area contributed by atoms with Crippen LogP contribution in [0, 0.1) is 13.8 Å². The van der Waals surface area contributed by atoms with Crippen LogP contribution in [0.4, 0.5) is 0 Å². The molecule has 0 spiro atoms. The van der Waals surface area contributed by atoms with E-state index in [0.29, 0.717) is 18.1 Å². The average molecular weight is 493 g/mol. The Labute approximate surface area is 217 Å². The number of carbonyl (C=O) groups excluding carboxylic acids is 1. The molecule has 4 heteroatoms. The van der Waals surface area contributed by atoms with Crippen LogP contribution in [0.5, 0.6) is 5.75 Å². The zero-order chi connectivity index (χ0) is 26.5. The number of hydrogen-bond donors (Lipinski definition) is 1. The molecule has 0 radical (unpaired) electrons. The highest BCUT2D eigenvalue weighted by Crippen LogP contribution is 2.42. The zero-order valence-electron chi connectivity index (χ0n) is 23.2. The Kier molecular flexibility index (Phi) is 9.05. The molecular formula is C32H44O4. The molecule has 1 atom stereocenters. The second-order valence-corrected chi connectivity index (χ2v) is 10.5. The normalized spacial score (nSPS) is 15.0. The fourth-order valence-electron chi connectivity index (χ4n) is 5.75. The number of hydrogen-bond acceptors (Lipinski definition) is 4. The van der Waals surface area contributed by atoms with Crippen molar-refractivity contribution in [1.82, 2.24) is 0 Å². The van der Waals surface area contributed by atoms with Crippen molar-refractivity contribution in [2.45, 2.75) is 104 Å². The average Bonchev–Trinajstić information content (AvgIpc) is 3.29. The highest BCUT2D eigenvalue weighted by molar-refractivity contribution is 5.75. The molecule has 3 rings (SSSR count). The fraction of sp³-hybridized carbons (Fsp3) is 0.531. The van der Waals surface area contributed by atoms with Crippen molar-refractivity contribution >= 4 is 5.97 Å². The van der Waals surface area contributed by atoms with Crippen molar-refractivity contribution < 1.29 is 19.4 Å². The molecule has 0 aromatic heterocycles. The van der Waals surface area contributed by atoms with Gasteiger partial charge in [0.1, 0.15) is 18.1 Å². The van der Waals surface area contributed by atoms with Crippen LogP contribution in [0.25, 0.3) is 0 Å². The third-order valence-electron chi connectivity index (χ3n) is 8.40. The number of benzene rings is 2. The first kappa shape index (κ1) is 28.0. The van der Waals surface area contributed by atoms with Gasteiger partial charge in [-0.3, -0.25) is 4.79 Å².